The van der Waals surface area contributed by atoms with Crippen LogP contribution in [0.5, 0.6) is 0 Å². The predicted molar refractivity (Wildman–Crippen MR) is 82.2 cm³/mol. The standard InChI is InChI=1S/C17H22N2O2/c1-11-4-7-15(10-12(11)2)19-9-8-18(13(3)16(19)20)17(21)14-5-6-14/h4,7,10,13-14H,5-6,8-9H2,1-3H3. The van der Waals surface area contributed by atoms with Crippen molar-refractivity contribution >= 4 is 17.5 Å². The maximum absolute atomic E-state index is 12.6. The number of benzene rings is 1. The van der Waals surface area contributed by atoms with Crippen molar-refractivity contribution in [2.45, 2.75) is 39.7 Å². The number of hydrogen-bond acceptors (Lipinski definition) is 2. The highest BCUT2D eigenvalue weighted by Crippen LogP contribution is 2.33. The minimum absolute atomic E-state index is 0.0264. The molecule has 0 aromatic heterocycles. The molecule has 1 aliphatic heterocycles. The Morgan fingerprint density at radius 2 is 1.86 bits per heavy atom. The van der Waals surface area contributed by atoms with Crippen molar-refractivity contribution in [3.8, 4) is 0 Å². The number of carbonyl (C=O) groups is 2. The SMILES string of the molecule is Cc1ccc(N2CCN(C(=O)C3CC3)C(C)C2=O)cc1C. The maximum atomic E-state index is 12.6. The lowest BCUT2D eigenvalue weighted by Crippen LogP contribution is -2.58. The lowest BCUT2D eigenvalue weighted by atomic mass is 10.1. The van der Waals surface area contributed by atoms with E-state index in [1.807, 2.05) is 24.0 Å². The van der Waals surface area contributed by atoms with Gasteiger partial charge in [-0.25, -0.2) is 0 Å². The van der Waals surface area contributed by atoms with Gasteiger partial charge >= 0.3 is 0 Å². The van der Waals surface area contributed by atoms with Crippen LogP contribution in [-0.4, -0.2) is 35.8 Å². The molecule has 0 spiro atoms. The first-order valence-corrected chi connectivity index (χ1v) is 7.68. The third-order valence-corrected chi connectivity index (χ3v) is 4.67. The summed E-state index contributed by atoms with van der Waals surface area (Å²) in [6.45, 7) is 7.19. The van der Waals surface area contributed by atoms with Crippen LogP contribution in [0.25, 0.3) is 0 Å². The summed E-state index contributed by atoms with van der Waals surface area (Å²) >= 11 is 0. The van der Waals surface area contributed by atoms with Crippen LogP contribution in [0.15, 0.2) is 18.2 Å². The van der Waals surface area contributed by atoms with Gasteiger partial charge in [0.2, 0.25) is 11.8 Å². The maximum Gasteiger partial charge on any atom is 0.249 e. The molecule has 4 heteroatoms. The average molecular weight is 286 g/mol. The van der Waals surface area contributed by atoms with Gasteiger partial charge in [0.05, 0.1) is 0 Å². The molecule has 21 heavy (non-hydrogen) atoms. The monoisotopic (exact) mass is 286 g/mol. The van der Waals surface area contributed by atoms with E-state index in [2.05, 4.69) is 19.9 Å². The Labute approximate surface area is 125 Å². The van der Waals surface area contributed by atoms with Crippen LogP contribution in [-0.2, 0) is 9.59 Å². The van der Waals surface area contributed by atoms with E-state index in [1.165, 1.54) is 11.1 Å². The van der Waals surface area contributed by atoms with Crippen LogP contribution in [0.4, 0.5) is 5.69 Å². The molecule has 1 heterocycles. The van der Waals surface area contributed by atoms with E-state index < -0.39 is 0 Å². The van der Waals surface area contributed by atoms with Crippen LogP contribution in [0, 0.1) is 19.8 Å². The molecule has 3 rings (SSSR count). The molecule has 4 nitrogen and oxygen atoms in total. The van der Waals surface area contributed by atoms with Gasteiger partial charge < -0.3 is 9.80 Å². The smallest absolute Gasteiger partial charge is 0.249 e. The molecule has 112 valence electrons. The zero-order valence-corrected chi connectivity index (χ0v) is 12.9. The van der Waals surface area contributed by atoms with E-state index in [9.17, 15) is 9.59 Å². The second-order valence-corrected chi connectivity index (χ2v) is 6.24. The summed E-state index contributed by atoms with van der Waals surface area (Å²) in [5.41, 5.74) is 3.35. The highest BCUT2D eigenvalue weighted by molar-refractivity contribution is 6.00. The first-order chi connectivity index (χ1) is 9.99. The van der Waals surface area contributed by atoms with E-state index in [-0.39, 0.29) is 23.8 Å². The molecule has 2 fully saturated rings. The van der Waals surface area contributed by atoms with Gasteiger partial charge in [-0.1, -0.05) is 6.07 Å². The van der Waals surface area contributed by atoms with Gasteiger partial charge in [0.15, 0.2) is 0 Å². The van der Waals surface area contributed by atoms with Gasteiger partial charge in [0, 0.05) is 24.7 Å². The Kier molecular flexibility index (Phi) is 3.47. The summed E-state index contributed by atoms with van der Waals surface area (Å²) in [6, 6.07) is 5.74. The van der Waals surface area contributed by atoms with Crippen molar-refractivity contribution in [3.05, 3.63) is 29.3 Å². The number of rotatable bonds is 2. The molecule has 1 unspecified atom stereocenters. The van der Waals surface area contributed by atoms with Crippen LogP contribution in [0.2, 0.25) is 0 Å². The molecule has 1 aliphatic carbocycles. The van der Waals surface area contributed by atoms with Crippen molar-refractivity contribution in [1.82, 2.24) is 4.90 Å². The number of anilines is 1. The molecule has 1 saturated heterocycles. The van der Waals surface area contributed by atoms with E-state index in [0.717, 1.165) is 18.5 Å². The predicted octanol–water partition coefficient (Wildman–Crippen LogP) is 2.28. The van der Waals surface area contributed by atoms with Crippen molar-refractivity contribution in [3.63, 3.8) is 0 Å². The molecule has 1 aromatic carbocycles. The molecule has 0 radical (unpaired) electrons. The number of hydrogen-bond donors (Lipinski definition) is 0. The van der Waals surface area contributed by atoms with Gasteiger partial charge in [0.1, 0.15) is 6.04 Å². The van der Waals surface area contributed by atoms with Crippen molar-refractivity contribution in [1.29, 1.82) is 0 Å². The number of carbonyl (C=O) groups excluding carboxylic acids is 2. The largest absolute Gasteiger partial charge is 0.329 e. The zero-order chi connectivity index (χ0) is 15.1. The Morgan fingerprint density at radius 3 is 2.48 bits per heavy atom. The van der Waals surface area contributed by atoms with Gasteiger partial charge in [0.25, 0.3) is 0 Å². The van der Waals surface area contributed by atoms with E-state index >= 15 is 0 Å². The van der Waals surface area contributed by atoms with Crippen molar-refractivity contribution in [2.24, 2.45) is 5.92 Å². The zero-order valence-electron chi connectivity index (χ0n) is 12.9. The molecule has 0 bridgehead atoms. The Morgan fingerprint density at radius 1 is 1.14 bits per heavy atom. The fourth-order valence-electron chi connectivity index (χ4n) is 2.89. The van der Waals surface area contributed by atoms with E-state index in [1.54, 1.807) is 4.90 Å². The second-order valence-electron chi connectivity index (χ2n) is 6.24. The van der Waals surface area contributed by atoms with Crippen molar-refractivity contribution < 1.29 is 9.59 Å². The van der Waals surface area contributed by atoms with Gasteiger partial charge in [-0.3, -0.25) is 9.59 Å². The van der Waals surface area contributed by atoms with Crippen LogP contribution in [0.3, 0.4) is 0 Å². The highest BCUT2D eigenvalue weighted by atomic mass is 16.2. The Hall–Kier alpha value is -1.84. The highest BCUT2D eigenvalue weighted by Gasteiger charge is 2.40. The molecule has 1 saturated carbocycles. The number of piperazine rings is 1. The third-order valence-electron chi connectivity index (χ3n) is 4.67. The van der Waals surface area contributed by atoms with E-state index in [4.69, 9.17) is 0 Å². The third kappa shape index (κ3) is 2.55. The lowest BCUT2D eigenvalue weighted by Gasteiger charge is -2.39. The molecule has 2 amide bonds. The summed E-state index contributed by atoms with van der Waals surface area (Å²) in [7, 11) is 0. The fourth-order valence-corrected chi connectivity index (χ4v) is 2.89. The molecule has 0 N–H and O–H groups in total. The number of nitrogens with zero attached hydrogens (tertiary/aromatic N) is 2. The van der Waals surface area contributed by atoms with Gasteiger partial charge in [-0.15, -0.1) is 0 Å². The average Bonchev–Trinajstić information content (AvgIpc) is 3.29. The minimum Gasteiger partial charge on any atom is -0.329 e. The van der Waals surface area contributed by atoms with Gasteiger partial charge in [-0.05, 0) is 56.9 Å². The molecular formula is C17H22N2O2. The van der Waals surface area contributed by atoms with Crippen LogP contribution >= 0.6 is 0 Å². The lowest BCUT2D eigenvalue weighted by molar-refractivity contribution is -0.141. The van der Waals surface area contributed by atoms with E-state index in [0.29, 0.717) is 13.1 Å². The molecular weight excluding hydrogens is 264 g/mol. The quantitative estimate of drug-likeness (QED) is 0.837. The Bertz CT molecular complexity index is 592. The summed E-state index contributed by atoms with van der Waals surface area (Å²) in [5, 5.41) is 0. The van der Waals surface area contributed by atoms with Crippen molar-refractivity contribution in [2.75, 3.05) is 18.0 Å². The molecule has 1 aromatic rings. The fraction of sp³-hybridized carbons (Fsp3) is 0.529. The summed E-state index contributed by atoms with van der Waals surface area (Å²) < 4.78 is 0. The normalized spacial score (nSPS) is 22.6. The topological polar surface area (TPSA) is 40.6 Å². The minimum atomic E-state index is -0.353. The Balaban J connectivity index is 1.79. The summed E-state index contributed by atoms with van der Waals surface area (Å²) in [4.78, 5) is 28.4. The first kappa shape index (κ1) is 14.1. The molecule has 1 atom stereocenters. The summed E-state index contributed by atoms with van der Waals surface area (Å²) in [5.74, 6) is 0.363. The first-order valence-electron chi connectivity index (χ1n) is 7.68. The second kappa shape index (κ2) is 5.17. The molecule has 2 aliphatic rings. The number of amides is 2. The summed E-state index contributed by atoms with van der Waals surface area (Å²) in [6.07, 6.45) is 1.97. The number of aryl methyl sites for hydroxylation is 2. The van der Waals surface area contributed by atoms with Crippen LogP contribution in [0.1, 0.15) is 30.9 Å². The van der Waals surface area contributed by atoms with Gasteiger partial charge in [-0.2, -0.15) is 0 Å². The van der Waals surface area contributed by atoms with Crippen LogP contribution < -0.4 is 4.90 Å².